The first-order chi connectivity index (χ1) is 9.54. The van der Waals surface area contributed by atoms with Crippen LogP contribution in [-0.4, -0.2) is 20.5 Å². The molecule has 0 aliphatic rings. The lowest BCUT2D eigenvalue weighted by atomic mass is 10.2. The highest BCUT2D eigenvalue weighted by atomic mass is 32.2. The molecule has 1 N–H and O–H groups in total. The summed E-state index contributed by atoms with van der Waals surface area (Å²) in [5.41, 5.74) is 0.658. The molecule has 0 saturated carbocycles. The Hall–Kier alpha value is -1.92. The fraction of sp³-hybridized carbons (Fsp3) is 0.214. The van der Waals surface area contributed by atoms with Gasteiger partial charge in [-0.2, -0.15) is 0 Å². The summed E-state index contributed by atoms with van der Waals surface area (Å²) in [4.78, 5) is 4.26. The lowest BCUT2D eigenvalue weighted by Gasteiger charge is -2.15. The van der Waals surface area contributed by atoms with Gasteiger partial charge in [0.25, 0.3) is 0 Å². The number of para-hydroxylation sites is 1. The Morgan fingerprint density at radius 1 is 1.15 bits per heavy atom. The summed E-state index contributed by atoms with van der Waals surface area (Å²) in [5, 5.41) is 0. The topological polar surface area (TPSA) is 68.3 Å². The van der Waals surface area contributed by atoms with Crippen LogP contribution in [0, 0.1) is 0 Å². The average Bonchev–Trinajstić information content (AvgIpc) is 2.47. The quantitative estimate of drug-likeness (QED) is 0.916. The normalized spacial score (nSPS) is 12.9. The fourth-order valence-electron chi connectivity index (χ4n) is 1.83. The van der Waals surface area contributed by atoms with Crippen molar-refractivity contribution in [1.29, 1.82) is 0 Å². The monoisotopic (exact) mass is 292 g/mol. The van der Waals surface area contributed by atoms with Crippen molar-refractivity contribution < 1.29 is 13.2 Å². The summed E-state index contributed by atoms with van der Waals surface area (Å²) in [5.74, 6) is 0.313. The summed E-state index contributed by atoms with van der Waals surface area (Å²) in [6.45, 7) is 1.75. The molecule has 1 aromatic heterocycles. The maximum atomic E-state index is 12.4. The lowest BCUT2D eigenvalue weighted by Crippen LogP contribution is -2.27. The number of rotatable bonds is 5. The van der Waals surface area contributed by atoms with Crippen LogP contribution in [0.2, 0.25) is 0 Å². The van der Waals surface area contributed by atoms with Gasteiger partial charge in [-0.05, 0) is 31.2 Å². The van der Waals surface area contributed by atoms with E-state index in [0.717, 1.165) is 0 Å². The highest BCUT2D eigenvalue weighted by Crippen LogP contribution is 2.24. The minimum Gasteiger partial charge on any atom is -0.495 e. The van der Waals surface area contributed by atoms with Crippen molar-refractivity contribution in [2.75, 3.05) is 7.11 Å². The van der Waals surface area contributed by atoms with Crippen molar-refractivity contribution in [3.05, 3.63) is 54.4 Å². The Morgan fingerprint density at radius 2 is 1.85 bits per heavy atom. The van der Waals surface area contributed by atoms with Gasteiger partial charge in [0, 0.05) is 6.20 Å². The number of pyridine rings is 1. The summed E-state index contributed by atoms with van der Waals surface area (Å²) in [6, 6.07) is 11.4. The predicted octanol–water partition coefficient (Wildman–Crippen LogP) is 2.13. The molecule has 0 radical (unpaired) electrons. The number of ether oxygens (including phenoxy) is 1. The van der Waals surface area contributed by atoms with E-state index in [9.17, 15) is 8.42 Å². The first kappa shape index (κ1) is 14.5. The molecule has 0 amide bonds. The van der Waals surface area contributed by atoms with E-state index in [2.05, 4.69) is 9.71 Å². The van der Waals surface area contributed by atoms with Gasteiger partial charge in [-0.3, -0.25) is 4.98 Å². The van der Waals surface area contributed by atoms with Gasteiger partial charge in [-0.25, -0.2) is 13.1 Å². The number of benzene rings is 1. The third-order valence-corrected chi connectivity index (χ3v) is 4.40. The maximum Gasteiger partial charge on any atom is 0.244 e. The number of sulfonamides is 1. The zero-order chi connectivity index (χ0) is 14.6. The molecule has 0 fully saturated rings. The third kappa shape index (κ3) is 3.15. The second-order valence-corrected chi connectivity index (χ2v) is 5.93. The number of nitrogens with zero attached hydrogens (tertiary/aromatic N) is 1. The second kappa shape index (κ2) is 6.02. The van der Waals surface area contributed by atoms with Crippen molar-refractivity contribution in [1.82, 2.24) is 9.71 Å². The lowest BCUT2D eigenvalue weighted by molar-refractivity contribution is 0.402. The Labute approximate surface area is 118 Å². The first-order valence-corrected chi connectivity index (χ1v) is 7.59. The van der Waals surface area contributed by atoms with E-state index in [1.54, 1.807) is 43.5 Å². The number of hydrogen-bond acceptors (Lipinski definition) is 4. The van der Waals surface area contributed by atoms with E-state index < -0.39 is 16.1 Å². The molecule has 0 bridgehead atoms. The molecular formula is C14H16N2O3S. The van der Waals surface area contributed by atoms with Gasteiger partial charge in [0.2, 0.25) is 10.0 Å². The van der Waals surface area contributed by atoms with Crippen LogP contribution in [0.25, 0.3) is 0 Å². The molecule has 2 rings (SSSR count). The van der Waals surface area contributed by atoms with Gasteiger partial charge in [-0.1, -0.05) is 18.2 Å². The SMILES string of the molecule is COc1ccccc1S(=O)(=O)NC(C)c1ccccn1. The average molecular weight is 292 g/mol. The van der Waals surface area contributed by atoms with Gasteiger partial charge < -0.3 is 4.74 Å². The Morgan fingerprint density at radius 3 is 2.50 bits per heavy atom. The van der Waals surface area contributed by atoms with Crippen LogP contribution in [-0.2, 0) is 10.0 Å². The molecule has 0 spiro atoms. The largest absolute Gasteiger partial charge is 0.495 e. The van der Waals surface area contributed by atoms with E-state index in [1.807, 2.05) is 6.07 Å². The van der Waals surface area contributed by atoms with Crippen LogP contribution < -0.4 is 9.46 Å². The minimum atomic E-state index is -3.67. The van der Waals surface area contributed by atoms with Crippen molar-refractivity contribution >= 4 is 10.0 Å². The molecule has 1 aromatic carbocycles. The molecule has 5 nitrogen and oxygen atoms in total. The Balaban J connectivity index is 2.28. The van der Waals surface area contributed by atoms with E-state index in [-0.39, 0.29) is 4.90 Å². The zero-order valence-electron chi connectivity index (χ0n) is 11.3. The van der Waals surface area contributed by atoms with Crippen molar-refractivity contribution in [3.63, 3.8) is 0 Å². The number of methoxy groups -OCH3 is 1. The summed E-state index contributed by atoms with van der Waals surface area (Å²) in [6.07, 6.45) is 1.63. The van der Waals surface area contributed by atoms with Gasteiger partial charge in [-0.15, -0.1) is 0 Å². The molecule has 6 heteroatoms. The standard InChI is InChI=1S/C14H16N2O3S/c1-11(12-7-5-6-10-15-12)16-20(17,18)14-9-4-3-8-13(14)19-2/h3-11,16H,1-2H3. The van der Waals surface area contributed by atoms with Gasteiger partial charge >= 0.3 is 0 Å². The predicted molar refractivity (Wildman–Crippen MR) is 76.0 cm³/mol. The molecule has 0 saturated heterocycles. The number of hydrogen-bond donors (Lipinski definition) is 1. The van der Waals surface area contributed by atoms with Crippen LogP contribution in [0.15, 0.2) is 53.6 Å². The van der Waals surface area contributed by atoms with E-state index in [1.165, 1.54) is 13.2 Å². The highest BCUT2D eigenvalue weighted by Gasteiger charge is 2.22. The van der Waals surface area contributed by atoms with Crippen LogP contribution in [0.4, 0.5) is 0 Å². The molecule has 2 aromatic rings. The fourth-order valence-corrected chi connectivity index (χ4v) is 3.22. The van der Waals surface area contributed by atoms with Crippen LogP contribution in [0.3, 0.4) is 0 Å². The van der Waals surface area contributed by atoms with Gasteiger partial charge in [0.15, 0.2) is 0 Å². The number of nitrogens with one attached hydrogen (secondary N) is 1. The molecule has 0 aliphatic heterocycles. The van der Waals surface area contributed by atoms with Crippen LogP contribution in [0.1, 0.15) is 18.7 Å². The van der Waals surface area contributed by atoms with E-state index in [4.69, 9.17) is 4.74 Å². The van der Waals surface area contributed by atoms with Crippen molar-refractivity contribution in [2.45, 2.75) is 17.9 Å². The minimum absolute atomic E-state index is 0.116. The maximum absolute atomic E-state index is 12.4. The molecular weight excluding hydrogens is 276 g/mol. The molecule has 1 heterocycles. The molecule has 106 valence electrons. The molecule has 20 heavy (non-hydrogen) atoms. The zero-order valence-corrected chi connectivity index (χ0v) is 12.1. The summed E-state index contributed by atoms with van der Waals surface area (Å²) in [7, 11) is -2.22. The summed E-state index contributed by atoms with van der Waals surface area (Å²) < 4.78 is 32.4. The Kier molecular flexibility index (Phi) is 4.36. The van der Waals surface area contributed by atoms with Crippen LogP contribution in [0.5, 0.6) is 5.75 Å². The third-order valence-electron chi connectivity index (χ3n) is 2.82. The second-order valence-electron chi connectivity index (χ2n) is 4.25. The highest BCUT2D eigenvalue weighted by molar-refractivity contribution is 7.89. The van der Waals surface area contributed by atoms with Crippen LogP contribution >= 0.6 is 0 Å². The summed E-state index contributed by atoms with van der Waals surface area (Å²) >= 11 is 0. The van der Waals surface area contributed by atoms with Crippen molar-refractivity contribution in [3.8, 4) is 5.75 Å². The Bertz CT molecular complexity index is 672. The van der Waals surface area contributed by atoms with E-state index >= 15 is 0 Å². The molecule has 1 atom stereocenters. The molecule has 0 aliphatic carbocycles. The van der Waals surface area contributed by atoms with E-state index in [0.29, 0.717) is 11.4 Å². The van der Waals surface area contributed by atoms with Gasteiger partial charge in [0.05, 0.1) is 18.8 Å². The van der Waals surface area contributed by atoms with Gasteiger partial charge in [0.1, 0.15) is 10.6 Å². The van der Waals surface area contributed by atoms with Crippen molar-refractivity contribution in [2.24, 2.45) is 0 Å². The first-order valence-electron chi connectivity index (χ1n) is 6.11. The molecule has 1 unspecified atom stereocenters. The smallest absolute Gasteiger partial charge is 0.244 e. The number of aromatic nitrogens is 1.